The molecule has 0 heterocycles. The highest BCUT2D eigenvalue weighted by atomic mass is 19.1. The van der Waals surface area contributed by atoms with Crippen LogP contribution in [0.4, 0.5) is 4.39 Å². The highest BCUT2D eigenvalue weighted by molar-refractivity contribution is 5.91. The molecule has 2 aromatic carbocycles. The maximum atomic E-state index is 13.4. The number of halogens is 1. The van der Waals surface area contributed by atoms with Crippen LogP contribution in [0.5, 0.6) is 11.5 Å². The molecule has 0 aliphatic rings. The summed E-state index contributed by atoms with van der Waals surface area (Å²) < 4.78 is 23.9. The molecule has 126 valence electrons. The number of carbonyl (C=O) groups excluding carboxylic acids is 1. The Balaban J connectivity index is 1.85. The van der Waals surface area contributed by atoms with Gasteiger partial charge in [0, 0.05) is 18.2 Å². The number of hydrogen-bond donors (Lipinski definition) is 1. The standard InChI is InChI=1S/C19H20FNO3/c1-23-17-9-7-14(13-18(17)24-2)11-12-21-19(22)10-8-15-5-3-4-6-16(15)20/h3-10,13H,11-12H2,1-2H3,(H,21,22)/b10-8+. The molecule has 0 bridgehead atoms. The molecular weight excluding hydrogens is 309 g/mol. The summed E-state index contributed by atoms with van der Waals surface area (Å²) >= 11 is 0. The fourth-order valence-electron chi connectivity index (χ4n) is 2.20. The number of hydrogen-bond acceptors (Lipinski definition) is 3. The summed E-state index contributed by atoms with van der Waals surface area (Å²) in [5, 5.41) is 2.77. The van der Waals surface area contributed by atoms with E-state index in [2.05, 4.69) is 5.32 Å². The number of benzene rings is 2. The minimum Gasteiger partial charge on any atom is -0.493 e. The van der Waals surface area contributed by atoms with Gasteiger partial charge in [0.2, 0.25) is 5.91 Å². The number of carbonyl (C=O) groups is 1. The van der Waals surface area contributed by atoms with Gasteiger partial charge in [-0.05, 0) is 36.3 Å². The van der Waals surface area contributed by atoms with Gasteiger partial charge in [0.05, 0.1) is 14.2 Å². The third kappa shape index (κ3) is 4.84. The summed E-state index contributed by atoms with van der Waals surface area (Å²) in [5.41, 5.74) is 1.40. The first-order valence-corrected chi connectivity index (χ1v) is 7.55. The van der Waals surface area contributed by atoms with Gasteiger partial charge in [-0.2, -0.15) is 0 Å². The van der Waals surface area contributed by atoms with Crippen molar-refractivity contribution in [2.75, 3.05) is 20.8 Å². The van der Waals surface area contributed by atoms with E-state index < -0.39 is 0 Å². The zero-order chi connectivity index (χ0) is 17.4. The predicted molar refractivity (Wildman–Crippen MR) is 91.7 cm³/mol. The van der Waals surface area contributed by atoms with Crippen LogP contribution in [-0.2, 0) is 11.2 Å². The quantitative estimate of drug-likeness (QED) is 0.794. The maximum Gasteiger partial charge on any atom is 0.244 e. The van der Waals surface area contributed by atoms with Crippen LogP contribution in [0.1, 0.15) is 11.1 Å². The largest absolute Gasteiger partial charge is 0.493 e. The predicted octanol–water partition coefficient (Wildman–Crippen LogP) is 3.22. The summed E-state index contributed by atoms with van der Waals surface area (Å²) in [6.45, 7) is 0.468. The van der Waals surface area contributed by atoms with E-state index in [0.717, 1.165) is 5.56 Å². The minimum absolute atomic E-state index is 0.265. The molecule has 0 fully saturated rings. The molecule has 0 aliphatic carbocycles. The molecule has 0 radical (unpaired) electrons. The lowest BCUT2D eigenvalue weighted by Gasteiger charge is -2.09. The second-order valence-electron chi connectivity index (χ2n) is 5.09. The van der Waals surface area contributed by atoms with E-state index in [9.17, 15) is 9.18 Å². The Kier molecular flexibility index (Phi) is 6.37. The van der Waals surface area contributed by atoms with Crippen molar-refractivity contribution in [3.05, 3.63) is 65.5 Å². The molecule has 0 atom stereocenters. The highest BCUT2D eigenvalue weighted by Crippen LogP contribution is 2.27. The number of ether oxygens (including phenoxy) is 2. The van der Waals surface area contributed by atoms with Gasteiger partial charge in [-0.1, -0.05) is 24.3 Å². The van der Waals surface area contributed by atoms with Gasteiger partial charge in [0.25, 0.3) is 0 Å². The van der Waals surface area contributed by atoms with Crippen molar-refractivity contribution in [3.63, 3.8) is 0 Å². The van der Waals surface area contributed by atoms with E-state index >= 15 is 0 Å². The zero-order valence-electron chi connectivity index (χ0n) is 13.7. The lowest BCUT2D eigenvalue weighted by atomic mass is 10.1. The zero-order valence-corrected chi connectivity index (χ0v) is 13.7. The van der Waals surface area contributed by atoms with E-state index in [1.165, 1.54) is 18.2 Å². The Morgan fingerprint density at radius 3 is 2.58 bits per heavy atom. The van der Waals surface area contributed by atoms with Gasteiger partial charge in [-0.15, -0.1) is 0 Å². The van der Waals surface area contributed by atoms with E-state index in [1.807, 2.05) is 18.2 Å². The van der Waals surface area contributed by atoms with Crippen molar-refractivity contribution in [2.45, 2.75) is 6.42 Å². The average Bonchev–Trinajstić information content (AvgIpc) is 2.61. The Bertz CT molecular complexity index is 728. The Morgan fingerprint density at radius 1 is 1.12 bits per heavy atom. The molecule has 0 saturated heterocycles. The Hall–Kier alpha value is -2.82. The average molecular weight is 329 g/mol. The molecule has 0 unspecified atom stereocenters. The summed E-state index contributed by atoms with van der Waals surface area (Å²) in [6.07, 6.45) is 3.44. The first kappa shape index (κ1) is 17.5. The van der Waals surface area contributed by atoms with Crippen LogP contribution in [0.15, 0.2) is 48.5 Å². The van der Waals surface area contributed by atoms with E-state index in [4.69, 9.17) is 9.47 Å². The van der Waals surface area contributed by atoms with Crippen molar-refractivity contribution >= 4 is 12.0 Å². The van der Waals surface area contributed by atoms with Crippen molar-refractivity contribution < 1.29 is 18.7 Å². The molecule has 1 N–H and O–H groups in total. The molecule has 4 nitrogen and oxygen atoms in total. The van der Waals surface area contributed by atoms with Gasteiger partial charge in [-0.25, -0.2) is 4.39 Å². The third-order valence-corrected chi connectivity index (χ3v) is 3.48. The fourth-order valence-corrected chi connectivity index (χ4v) is 2.20. The lowest BCUT2D eigenvalue weighted by molar-refractivity contribution is -0.116. The van der Waals surface area contributed by atoms with Gasteiger partial charge in [0.15, 0.2) is 11.5 Å². The molecule has 2 aromatic rings. The lowest BCUT2D eigenvalue weighted by Crippen LogP contribution is -2.23. The van der Waals surface area contributed by atoms with Crippen molar-refractivity contribution in [1.29, 1.82) is 0 Å². The number of methoxy groups -OCH3 is 2. The van der Waals surface area contributed by atoms with Crippen molar-refractivity contribution in [2.24, 2.45) is 0 Å². The summed E-state index contributed by atoms with van der Waals surface area (Å²) in [5.74, 6) is 0.699. The number of rotatable bonds is 7. The van der Waals surface area contributed by atoms with Gasteiger partial charge in [-0.3, -0.25) is 4.79 Å². The summed E-state index contributed by atoms with van der Waals surface area (Å²) in [4.78, 5) is 11.8. The van der Waals surface area contributed by atoms with Gasteiger partial charge >= 0.3 is 0 Å². The van der Waals surface area contributed by atoms with Crippen LogP contribution in [0, 0.1) is 5.82 Å². The van der Waals surface area contributed by atoms with Gasteiger partial charge in [0.1, 0.15) is 5.82 Å². The van der Waals surface area contributed by atoms with Crippen LogP contribution in [0.25, 0.3) is 6.08 Å². The molecule has 5 heteroatoms. The van der Waals surface area contributed by atoms with E-state index in [1.54, 1.807) is 32.4 Å². The normalized spacial score (nSPS) is 10.6. The van der Waals surface area contributed by atoms with Crippen molar-refractivity contribution in [1.82, 2.24) is 5.32 Å². The molecule has 0 saturated carbocycles. The molecular formula is C19H20FNO3. The summed E-state index contributed by atoms with van der Waals surface area (Å²) in [7, 11) is 3.16. The number of amides is 1. The monoisotopic (exact) mass is 329 g/mol. The van der Waals surface area contributed by atoms with Crippen LogP contribution in [0.3, 0.4) is 0 Å². The minimum atomic E-state index is -0.355. The molecule has 0 aliphatic heterocycles. The highest BCUT2D eigenvalue weighted by Gasteiger charge is 2.05. The van der Waals surface area contributed by atoms with Crippen LogP contribution >= 0.6 is 0 Å². The van der Waals surface area contributed by atoms with Crippen LogP contribution in [-0.4, -0.2) is 26.7 Å². The fraction of sp³-hybridized carbons (Fsp3) is 0.211. The van der Waals surface area contributed by atoms with Crippen LogP contribution < -0.4 is 14.8 Å². The molecule has 1 amide bonds. The first-order valence-electron chi connectivity index (χ1n) is 7.55. The smallest absolute Gasteiger partial charge is 0.244 e. The van der Waals surface area contributed by atoms with Crippen molar-refractivity contribution in [3.8, 4) is 11.5 Å². The molecule has 0 spiro atoms. The third-order valence-electron chi connectivity index (χ3n) is 3.48. The summed E-state index contributed by atoms with van der Waals surface area (Å²) in [6, 6.07) is 11.9. The molecule has 24 heavy (non-hydrogen) atoms. The Labute approximate surface area is 140 Å². The SMILES string of the molecule is COc1ccc(CCNC(=O)/C=C/c2ccccc2F)cc1OC. The first-order chi connectivity index (χ1) is 11.6. The van der Waals surface area contributed by atoms with E-state index in [-0.39, 0.29) is 11.7 Å². The second-order valence-corrected chi connectivity index (χ2v) is 5.09. The Morgan fingerprint density at radius 2 is 1.88 bits per heavy atom. The van der Waals surface area contributed by atoms with Crippen LogP contribution in [0.2, 0.25) is 0 Å². The van der Waals surface area contributed by atoms with Gasteiger partial charge < -0.3 is 14.8 Å². The topological polar surface area (TPSA) is 47.6 Å². The second kappa shape index (κ2) is 8.72. The molecule has 2 rings (SSSR count). The van der Waals surface area contributed by atoms with E-state index in [0.29, 0.717) is 30.0 Å². The maximum absolute atomic E-state index is 13.4. The molecule has 0 aromatic heterocycles. The number of nitrogens with one attached hydrogen (secondary N) is 1.